The maximum atomic E-state index is 11.4. The fourth-order valence-electron chi connectivity index (χ4n) is 4.95. The molecule has 32 heavy (non-hydrogen) atoms. The summed E-state index contributed by atoms with van der Waals surface area (Å²) < 4.78 is 12.3. The van der Waals surface area contributed by atoms with Crippen molar-refractivity contribution in [3.05, 3.63) is 60.7 Å². The second-order valence-corrected chi connectivity index (χ2v) is 14.2. The van der Waals surface area contributed by atoms with Crippen LogP contribution in [0, 0.1) is 11.8 Å². The molecular formula is C26H36O5Si. The summed E-state index contributed by atoms with van der Waals surface area (Å²) in [6.07, 6.45) is -0.787. The number of esters is 1. The van der Waals surface area contributed by atoms with E-state index in [0.717, 1.165) is 0 Å². The number of ether oxygens (including phenoxy) is 1. The Morgan fingerprint density at radius 2 is 1.31 bits per heavy atom. The van der Waals surface area contributed by atoms with E-state index in [9.17, 15) is 15.0 Å². The van der Waals surface area contributed by atoms with Crippen LogP contribution in [0.5, 0.6) is 0 Å². The van der Waals surface area contributed by atoms with E-state index in [0.29, 0.717) is 19.4 Å². The number of rotatable bonds is 7. The van der Waals surface area contributed by atoms with Gasteiger partial charge in [0.1, 0.15) is 0 Å². The highest BCUT2D eigenvalue weighted by atomic mass is 28.4. The second-order valence-electron chi connectivity index (χ2n) is 9.90. The zero-order valence-electron chi connectivity index (χ0n) is 19.5. The van der Waals surface area contributed by atoms with Gasteiger partial charge in [0.25, 0.3) is 8.32 Å². The van der Waals surface area contributed by atoms with E-state index in [-0.39, 0.29) is 29.5 Å². The monoisotopic (exact) mass is 456 g/mol. The van der Waals surface area contributed by atoms with Crippen molar-refractivity contribution >= 4 is 24.7 Å². The first kappa shape index (κ1) is 24.6. The molecule has 0 heterocycles. The van der Waals surface area contributed by atoms with E-state index in [4.69, 9.17) is 9.16 Å². The molecule has 0 radical (unpaired) electrons. The normalized spacial score (nSPS) is 24.2. The van der Waals surface area contributed by atoms with Crippen molar-refractivity contribution in [2.45, 2.75) is 57.8 Å². The summed E-state index contributed by atoms with van der Waals surface area (Å²) in [4.78, 5) is 11.4. The van der Waals surface area contributed by atoms with Gasteiger partial charge in [0.05, 0.1) is 18.8 Å². The van der Waals surface area contributed by atoms with Crippen LogP contribution in [0.4, 0.5) is 0 Å². The van der Waals surface area contributed by atoms with Crippen LogP contribution in [0.25, 0.3) is 0 Å². The van der Waals surface area contributed by atoms with Gasteiger partial charge in [0.15, 0.2) is 0 Å². The molecule has 2 aromatic carbocycles. The molecule has 0 saturated heterocycles. The van der Waals surface area contributed by atoms with Crippen molar-refractivity contribution in [3.63, 3.8) is 0 Å². The molecule has 4 atom stereocenters. The van der Waals surface area contributed by atoms with E-state index < -0.39 is 20.5 Å². The average molecular weight is 457 g/mol. The Kier molecular flexibility index (Phi) is 7.93. The van der Waals surface area contributed by atoms with Gasteiger partial charge in [-0.15, -0.1) is 0 Å². The average Bonchev–Trinajstić information content (AvgIpc) is 2.76. The SMILES string of the molecule is CC(=O)OC[C@H]1CC(O)C(O)C[C@H]1CO[Si](c1ccccc1)(c1ccccc1)C(C)(C)C. The first-order valence-corrected chi connectivity index (χ1v) is 13.3. The fraction of sp³-hybridized carbons (Fsp3) is 0.500. The Labute approximate surface area is 192 Å². The molecule has 1 saturated carbocycles. The van der Waals surface area contributed by atoms with Crippen LogP contribution in [0.3, 0.4) is 0 Å². The molecule has 1 aliphatic rings. The van der Waals surface area contributed by atoms with E-state index in [1.165, 1.54) is 17.3 Å². The summed E-state index contributed by atoms with van der Waals surface area (Å²) in [7, 11) is -2.70. The van der Waals surface area contributed by atoms with Crippen LogP contribution < -0.4 is 10.4 Å². The highest BCUT2D eigenvalue weighted by Gasteiger charge is 2.51. The molecule has 0 bridgehead atoms. The van der Waals surface area contributed by atoms with Crippen LogP contribution in [-0.2, 0) is 14.0 Å². The topological polar surface area (TPSA) is 76.0 Å². The minimum atomic E-state index is -2.70. The standard InChI is InChI=1S/C26H36O5Si/c1-19(27)30-17-20-15-24(28)25(29)16-21(20)18-31-32(26(2,3)4,22-11-7-5-8-12-22)23-13-9-6-10-14-23/h5-14,20-21,24-25,28-29H,15-18H2,1-4H3/t20-,21+,24?,25?/m1/s1. The summed E-state index contributed by atoms with van der Waals surface area (Å²) in [6.45, 7) is 8.75. The number of aliphatic hydroxyl groups is 2. The Morgan fingerprint density at radius 3 is 1.72 bits per heavy atom. The molecule has 0 amide bonds. The predicted octanol–water partition coefficient (Wildman–Crippen LogP) is 2.87. The minimum Gasteiger partial charge on any atom is -0.466 e. The molecule has 0 spiro atoms. The molecule has 2 unspecified atom stereocenters. The molecule has 0 aliphatic heterocycles. The molecule has 0 aromatic heterocycles. The van der Waals surface area contributed by atoms with Gasteiger partial charge < -0.3 is 19.4 Å². The molecule has 1 fully saturated rings. The zero-order valence-corrected chi connectivity index (χ0v) is 20.5. The van der Waals surface area contributed by atoms with Gasteiger partial charge >= 0.3 is 5.97 Å². The van der Waals surface area contributed by atoms with E-state index in [1.807, 2.05) is 12.1 Å². The molecular weight excluding hydrogens is 420 g/mol. The molecule has 3 rings (SSSR count). The third-order valence-corrected chi connectivity index (χ3v) is 11.6. The number of hydrogen-bond acceptors (Lipinski definition) is 5. The lowest BCUT2D eigenvalue weighted by Gasteiger charge is -2.45. The molecule has 174 valence electrons. The summed E-state index contributed by atoms with van der Waals surface area (Å²) in [5.74, 6) is -0.415. The summed E-state index contributed by atoms with van der Waals surface area (Å²) >= 11 is 0. The van der Waals surface area contributed by atoms with Gasteiger partial charge in [-0.3, -0.25) is 4.79 Å². The van der Waals surface area contributed by atoms with Crippen molar-refractivity contribution < 1.29 is 24.2 Å². The Balaban J connectivity index is 1.96. The van der Waals surface area contributed by atoms with Gasteiger partial charge in [-0.05, 0) is 34.2 Å². The number of carbonyl (C=O) groups excluding carboxylic acids is 1. The molecule has 2 aromatic rings. The first-order valence-electron chi connectivity index (χ1n) is 11.4. The summed E-state index contributed by atoms with van der Waals surface area (Å²) in [6, 6.07) is 20.9. The highest BCUT2D eigenvalue weighted by molar-refractivity contribution is 6.99. The fourth-order valence-corrected chi connectivity index (χ4v) is 9.57. The molecule has 1 aliphatic carbocycles. The van der Waals surface area contributed by atoms with E-state index in [1.54, 1.807) is 0 Å². The van der Waals surface area contributed by atoms with Crippen LogP contribution >= 0.6 is 0 Å². The quantitative estimate of drug-likeness (QED) is 0.495. The van der Waals surface area contributed by atoms with Gasteiger partial charge in [-0.25, -0.2) is 0 Å². The lowest BCUT2D eigenvalue weighted by atomic mass is 9.77. The summed E-state index contributed by atoms with van der Waals surface area (Å²) in [5.41, 5.74) is 0. The third kappa shape index (κ3) is 5.31. The highest BCUT2D eigenvalue weighted by Crippen LogP contribution is 2.39. The first-order chi connectivity index (χ1) is 15.1. The third-order valence-electron chi connectivity index (χ3n) is 6.63. The zero-order chi connectivity index (χ0) is 23.4. The Hall–Kier alpha value is -1.99. The number of benzene rings is 2. The maximum Gasteiger partial charge on any atom is 0.302 e. The Bertz CT molecular complexity index is 825. The van der Waals surface area contributed by atoms with Crippen molar-refractivity contribution in [2.75, 3.05) is 13.2 Å². The van der Waals surface area contributed by atoms with Crippen LogP contribution in [0.15, 0.2) is 60.7 Å². The second kappa shape index (κ2) is 10.3. The van der Waals surface area contributed by atoms with Gasteiger partial charge in [0.2, 0.25) is 0 Å². The van der Waals surface area contributed by atoms with E-state index in [2.05, 4.69) is 69.3 Å². The number of carbonyl (C=O) groups is 1. The summed E-state index contributed by atoms with van der Waals surface area (Å²) in [5, 5.41) is 22.8. The number of hydrogen-bond donors (Lipinski definition) is 2. The number of aliphatic hydroxyl groups excluding tert-OH is 2. The molecule has 6 heteroatoms. The maximum absolute atomic E-state index is 11.4. The van der Waals surface area contributed by atoms with Gasteiger partial charge in [-0.2, -0.15) is 0 Å². The molecule has 5 nitrogen and oxygen atoms in total. The Morgan fingerprint density at radius 1 is 0.875 bits per heavy atom. The van der Waals surface area contributed by atoms with Gasteiger partial charge in [0, 0.05) is 19.4 Å². The van der Waals surface area contributed by atoms with Gasteiger partial charge in [-0.1, -0.05) is 81.4 Å². The van der Waals surface area contributed by atoms with Crippen molar-refractivity contribution in [3.8, 4) is 0 Å². The predicted molar refractivity (Wildman–Crippen MR) is 128 cm³/mol. The van der Waals surface area contributed by atoms with Crippen LogP contribution in [-0.4, -0.2) is 49.9 Å². The lowest BCUT2D eigenvalue weighted by molar-refractivity contribution is -0.145. The van der Waals surface area contributed by atoms with Crippen molar-refractivity contribution in [1.82, 2.24) is 0 Å². The lowest BCUT2D eigenvalue weighted by Crippen LogP contribution is -2.67. The largest absolute Gasteiger partial charge is 0.466 e. The van der Waals surface area contributed by atoms with Crippen LogP contribution in [0.1, 0.15) is 40.5 Å². The van der Waals surface area contributed by atoms with E-state index >= 15 is 0 Å². The minimum absolute atomic E-state index is 0.0191. The van der Waals surface area contributed by atoms with Crippen LogP contribution in [0.2, 0.25) is 5.04 Å². The molecule has 2 N–H and O–H groups in total. The van der Waals surface area contributed by atoms with Crippen molar-refractivity contribution in [2.24, 2.45) is 11.8 Å². The van der Waals surface area contributed by atoms with Crippen molar-refractivity contribution in [1.29, 1.82) is 0 Å². The smallest absolute Gasteiger partial charge is 0.302 e.